The Morgan fingerprint density at radius 3 is 2.73 bits per heavy atom. The van der Waals surface area contributed by atoms with Gasteiger partial charge in [-0.1, -0.05) is 18.2 Å². The minimum atomic E-state index is -3.63. The Kier molecular flexibility index (Phi) is 4.49. The van der Waals surface area contributed by atoms with E-state index in [9.17, 15) is 13.2 Å². The highest BCUT2D eigenvalue weighted by atomic mass is 32.2. The zero-order chi connectivity index (χ0) is 16.5. The minimum absolute atomic E-state index is 0.183. The molecule has 0 radical (unpaired) electrons. The van der Waals surface area contributed by atoms with Crippen molar-refractivity contribution in [1.29, 1.82) is 0 Å². The van der Waals surface area contributed by atoms with Crippen molar-refractivity contribution >= 4 is 15.7 Å². The number of carbonyl (C=O) groups excluding carboxylic acids is 1. The normalized spacial score (nSPS) is 21.5. The molecule has 0 fully saturated rings. The van der Waals surface area contributed by atoms with E-state index in [-0.39, 0.29) is 11.9 Å². The standard InChI is InChI=1S/C15H22N2O4S/c1-10(14(16)18)22(19,20)9-17-13-8-11-6-4-5-7-12(11)21-15(13,2)3/h4-7,10,13,17H,8-9H2,1-3H3,(H2,16,18). The van der Waals surface area contributed by atoms with Gasteiger partial charge >= 0.3 is 0 Å². The van der Waals surface area contributed by atoms with E-state index in [0.717, 1.165) is 11.3 Å². The van der Waals surface area contributed by atoms with E-state index < -0.39 is 26.6 Å². The van der Waals surface area contributed by atoms with E-state index in [0.29, 0.717) is 6.42 Å². The zero-order valence-corrected chi connectivity index (χ0v) is 13.8. The van der Waals surface area contributed by atoms with Crippen LogP contribution in [-0.4, -0.2) is 37.1 Å². The first-order valence-corrected chi connectivity index (χ1v) is 8.86. The van der Waals surface area contributed by atoms with Crippen molar-refractivity contribution in [3.63, 3.8) is 0 Å². The van der Waals surface area contributed by atoms with Gasteiger partial charge in [-0.25, -0.2) is 8.42 Å². The fourth-order valence-corrected chi connectivity index (χ4v) is 3.47. The number of hydrogen-bond acceptors (Lipinski definition) is 5. The molecule has 0 saturated heterocycles. The first kappa shape index (κ1) is 16.8. The Labute approximate surface area is 131 Å². The summed E-state index contributed by atoms with van der Waals surface area (Å²) in [4.78, 5) is 11.1. The van der Waals surface area contributed by atoms with Crippen LogP contribution in [-0.2, 0) is 21.1 Å². The topological polar surface area (TPSA) is 98.5 Å². The SMILES string of the molecule is CC(C(N)=O)S(=O)(=O)CNC1Cc2ccccc2OC1(C)C. The van der Waals surface area contributed by atoms with Crippen LogP contribution < -0.4 is 15.8 Å². The molecule has 0 saturated carbocycles. The highest BCUT2D eigenvalue weighted by Gasteiger charge is 2.38. The summed E-state index contributed by atoms with van der Waals surface area (Å²) in [6.45, 7) is 5.12. The summed E-state index contributed by atoms with van der Waals surface area (Å²) in [6, 6.07) is 7.50. The Hall–Kier alpha value is -1.60. The molecule has 0 aromatic heterocycles. The van der Waals surface area contributed by atoms with Gasteiger partial charge in [-0.05, 0) is 38.8 Å². The van der Waals surface area contributed by atoms with Crippen LogP contribution in [0.1, 0.15) is 26.3 Å². The van der Waals surface area contributed by atoms with Crippen molar-refractivity contribution in [2.45, 2.75) is 44.1 Å². The molecule has 22 heavy (non-hydrogen) atoms. The maximum atomic E-state index is 12.1. The number of ether oxygens (including phenoxy) is 1. The smallest absolute Gasteiger partial charge is 0.235 e. The number of sulfone groups is 1. The van der Waals surface area contributed by atoms with Crippen molar-refractivity contribution in [3.8, 4) is 5.75 Å². The summed E-state index contributed by atoms with van der Waals surface area (Å²) in [6.07, 6.45) is 0.656. The van der Waals surface area contributed by atoms with Gasteiger partial charge in [0, 0.05) is 0 Å². The molecule has 7 heteroatoms. The van der Waals surface area contributed by atoms with E-state index in [4.69, 9.17) is 10.5 Å². The molecule has 1 amide bonds. The van der Waals surface area contributed by atoms with Crippen LogP contribution in [0, 0.1) is 0 Å². The fraction of sp³-hybridized carbons (Fsp3) is 0.533. The fourth-order valence-electron chi connectivity index (χ4n) is 2.43. The van der Waals surface area contributed by atoms with Crippen molar-refractivity contribution < 1.29 is 17.9 Å². The van der Waals surface area contributed by atoms with E-state index in [2.05, 4.69) is 5.32 Å². The molecule has 1 aromatic carbocycles. The van der Waals surface area contributed by atoms with E-state index >= 15 is 0 Å². The molecule has 1 aliphatic rings. The molecule has 1 aromatic rings. The summed E-state index contributed by atoms with van der Waals surface area (Å²) >= 11 is 0. The summed E-state index contributed by atoms with van der Waals surface area (Å²) < 4.78 is 30.1. The summed E-state index contributed by atoms with van der Waals surface area (Å²) in [7, 11) is -3.63. The number of hydrogen-bond donors (Lipinski definition) is 2. The molecular weight excluding hydrogens is 304 g/mol. The third-order valence-corrected chi connectivity index (χ3v) is 5.96. The lowest BCUT2D eigenvalue weighted by molar-refractivity contribution is -0.117. The second kappa shape index (κ2) is 5.89. The van der Waals surface area contributed by atoms with Crippen LogP contribution in [0.15, 0.2) is 24.3 Å². The Bertz CT molecular complexity index is 670. The molecule has 122 valence electrons. The summed E-state index contributed by atoms with van der Waals surface area (Å²) in [5.74, 6) is -0.332. The van der Waals surface area contributed by atoms with Crippen LogP contribution in [0.3, 0.4) is 0 Å². The Morgan fingerprint density at radius 1 is 1.45 bits per heavy atom. The predicted molar refractivity (Wildman–Crippen MR) is 84.2 cm³/mol. The van der Waals surface area contributed by atoms with E-state index in [1.165, 1.54) is 6.92 Å². The van der Waals surface area contributed by atoms with Crippen LogP contribution in [0.5, 0.6) is 5.75 Å². The number of nitrogens with one attached hydrogen (secondary N) is 1. The molecule has 2 unspecified atom stereocenters. The largest absolute Gasteiger partial charge is 0.486 e. The molecule has 0 bridgehead atoms. The Balaban J connectivity index is 2.12. The van der Waals surface area contributed by atoms with Crippen molar-refractivity contribution in [3.05, 3.63) is 29.8 Å². The predicted octanol–water partition coefficient (Wildman–Crippen LogP) is 0.604. The summed E-state index contributed by atoms with van der Waals surface area (Å²) in [5.41, 5.74) is 5.55. The van der Waals surface area contributed by atoms with Crippen LogP contribution in [0.2, 0.25) is 0 Å². The van der Waals surface area contributed by atoms with Crippen LogP contribution in [0.25, 0.3) is 0 Å². The molecule has 1 heterocycles. The quantitative estimate of drug-likeness (QED) is 0.826. The molecule has 6 nitrogen and oxygen atoms in total. The molecular formula is C15H22N2O4S. The van der Waals surface area contributed by atoms with Crippen LogP contribution in [0.4, 0.5) is 0 Å². The van der Waals surface area contributed by atoms with E-state index in [1.54, 1.807) is 0 Å². The first-order valence-electron chi connectivity index (χ1n) is 7.14. The van der Waals surface area contributed by atoms with Crippen molar-refractivity contribution in [2.24, 2.45) is 5.73 Å². The van der Waals surface area contributed by atoms with Gasteiger partial charge in [0.2, 0.25) is 5.91 Å². The molecule has 3 N–H and O–H groups in total. The highest BCUT2D eigenvalue weighted by molar-refractivity contribution is 7.92. The lowest BCUT2D eigenvalue weighted by Gasteiger charge is -2.40. The molecule has 2 rings (SSSR count). The number of carbonyl (C=O) groups is 1. The van der Waals surface area contributed by atoms with Gasteiger partial charge in [-0.15, -0.1) is 0 Å². The molecule has 0 aliphatic carbocycles. The monoisotopic (exact) mass is 326 g/mol. The molecule has 2 atom stereocenters. The number of benzene rings is 1. The average molecular weight is 326 g/mol. The third kappa shape index (κ3) is 3.41. The first-order chi connectivity index (χ1) is 10.1. The van der Waals surface area contributed by atoms with Gasteiger partial charge in [-0.2, -0.15) is 0 Å². The van der Waals surface area contributed by atoms with Crippen molar-refractivity contribution in [2.75, 3.05) is 5.88 Å². The minimum Gasteiger partial charge on any atom is -0.486 e. The molecule has 0 spiro atoms. The Morgan fingerprint density at radius 2 is 2.09 bits per heavy atom. The van der Waals surface area contributed by atoms with Gasteiger partial charge in [0.25, 0.3) is 0 Å². The number of amides is 1. The van der Waals surface area contributed by atoms with Gasteiger partial charge in [0.15, 0.2) is 9.84 Å². The average Bonchev–Trinajstić information content (AvgIpc) is 2.43. The summed E-state index contributed by atoms with van der Waals surface area (Å²) in [5, 5.41) is 1.80. The lowest BCUT2D eigenvalue weighted by Crippen LogP contribution is -2.56. The van der Waals surface area contributed by atoms with Crippen molar-refractivity contribution in [1.82, 2.24) is 5.32 Å². The number of primary amides is 1. The zero-order valence-electron chi connectivity index (χ0n) is 13.0. The van der Waals surface area contributed by atoms with Gasteiger partial charge in [0.1, 0.15) is 22.5 Å². The highest BCUT2D eigenvalue weighted by Crippen LogP contribution is 2.32. The third-order valence-electron chi connectivity index (χ3n) is 4.08. The number of fused-ring (bicyclic) bond motifs is 1. The van der Waals surface area contributed by atoms with E-state index in [1.807, 2.05) is 38.1 Å². The lowest BCUT2D eigenvalue weighted by atomic mass is 9.89. The molecule has 1 aliphatic heterocycles. The number of para-hydroxylation sites is 1. The van der Waals surface area contributed by atoms with Gasteiger partial charge in [0.05, 0.1) is 6.04 Å². The number of rotatable bonds is 5. The second-order valence-electron chi connectivity index (χ2n) is 6.13. The maximum Gasteiger partial charge on any atom is 0.235 e. The number of nitrogens with two attached hydrogens (primary N) is 1. The van der Waals surface area contributed by atoms with Gasteiger partial charge in [-0.3, -0.25) is 10.1 Å². The van der Waals surface area contributed by atoms with Crippen LogP contribution >= 0.6 is 0 Å². The van der Waals surface area contributed by atoms with Gasteiger partial charge < -0.3 is 10.5 Å². The second-order valence-corrected chi connectivity index (χ2v) is 8.45. The maximum absolute atomic E-state index is 12.1.